The van der Waals surface area contributed by atoms with Gasteiger partial charge in [-0.2, -0.15) is 0 Å². The smallest absolute Gasteiger partial charge is 0.338 e. The van der Waals surface area contributed by atoms with Crippen LogP contribution in [0, 0.1) is 0 Å². The summed E-state index contributed by atoms with van der Waals surface area (Å²) < 4.78 is 5.21. The predicted octanol–water partition coefficient (Wildman–Crippen LogP) is 3.53. The molecule has 31 heavy (non-hydrogen) atoms. The molecule has 1 N–H and O–H groups in total. The monoisotopic (exact) mass is 440 g/mol. The Morgan fingerprint density at radius 2 is 1.94 bits per heavy atom. The van der Waals surface area contributed by atoms with E-state index in [9.17, 15) is 19.2 Å². The number of anilines is 1. The van der Waals surface area contributed by atoms with E-state index in [0.717, 1.165) is 23.4 Å². The Morgan fingerprint density at radius 1 is 1.13 bits per heavy atom. The normalized spacial score (nSPS) is 13.2. The van der Waals surface area contributed by atoms with Crippen LogP contribution in [0.5, 0.6) is 0 Å². The van der Waals surface area contributed by atoms with Crippen molar-refractivity contribution in [1.82, 2.24) is 4.90 Å². The van der Waals surface area contributed by atoms with Gasteiger partial charge in [-0.05, 0) is 42.5 Å². The van der Waals surface area contributed by atoms with E-state index in [1.165, 1.54) is 18.7 Å². The highest BCUT2D eigenvalue weighted by Crippen LogP contribution is 2.27. The van der Waals surface area contributed by atoms with Crippen LogP contribution in [-0.4, -0.2) is 47.9 Å². The average molecular weight is 441 g/mol. The van der Waals surface area contributed by atoms with Gasteiger partial charge in [0.15, 0.2) is 12.4 Å². The van der Waals surface area contributed by atoms with Crippen LogP contribution in [0.4, 0.5) is 5.69 Å². The van der Waals surface area contributed by atoms with Crippen LogP contribution in [0.1, 0.15) is 46.0 Å². The van der Waals surface area contributed by atoms with Gasteiger partial charge in [-0.15, -0.1) is 11.8 Å². The Balaban J connectivity index is 1.62. The molecule has 2 aromatic carbocycles. The molecule has 1 saturated heterocycles. The van der Waals surface area contributed by atoms with Crippen LogP contribution >= 0.6 is 11.8 Å². The summed E-state index contributed by atoms with van der Waals surface area (Å²) in [6, 6.07) is 11.8. The lowest BCUT2D eigenvalue weighted by Gasteiger charge is -2.15. The number of hydrogen-bond acceptors (Lipinski definition) is 6. The molecular formula is C23H24N2O5S. The standard InChI is InChI=1S/C23H24N2O5S/c1-15(26)24-19-12-17(8-9-21(19)31-2)20(27)14-30-23(29)18-6-3-5-16(11-18)13-25-10-4-7-22(25)28/h3,5-6,8-9,11-12H,4,7,10,13-14H2,1-2H3,(H,24,26). The molecular weight excluding hydrogens is 416 g/mol. The van der Waals surface area contributed by atoms with Gasteiger partial charge in [-0.25, -0.2) is 4.79 Å². The third-order valence-corrected chi connectivity index (χ3v) is 5.67. The highest BCUT2D eigenvalue weighted by molar-refractivity contribution is 7.98. The van der Waals surface area contributed by atoms with Gasteiger partial charge in [0.25, 0.3) is 0 Å². The molecule has 0 bridgehead atoms. The van der Waals surface area contributed by atoms with E-state index in [-0.39, 0.29) is 17.6 Å². The number of ether oxygens (including phenoxy) is 1. The van der Waals surface area contributed by atoms with E-state index < -0.39 is 12.6 Å². The number of rotatable bonds is 8. The number of nitrogens with one attached hydrogen (secondary N) is 1. The first-order valence-electron chi connectivity index (χ1n) is 9.90. The Bertz CT molecular complexity index is 1020. The second-order valence-corrected chi connectivity index (χ2v) is 8.06. The molecule has 7 nitrogen and oxygen atoms in total. The van der Waals surface area contributed by atoms with E-state index >= 15 is 0 Å². The molecule has 0 atom stereocenters. The molecule has 0 aromatic heterocycles. The van der Waals surface area contributed by atoms with Gasteiger partial charge in [-0.1, -0.05) is 18.2 Å². The number of nitrogens with zero attached hydrogens (tertiary/aromatic N) is 1. The van der Waals surface area contributed by atoms with Gasteiger partial charge in [0.1, 0.15) is 0 Å². The minimum Gasteiger partial charge on any atom is -0.454 e. The molecule has 162 valence electrons. The Labute approximate surface area is 185 Å². The Morgan fingerprint density at radius 3 is 2.61 bits per heavy atom. The Hall–Kier alpha value is -3.13. The number of esters is 1. The van der Waals surface area contributed by atoms with Crippen molar-refractivity contribution in [3.8, 4) is 0 Å². The number of benzene rings is 2. The summed E-state index contributed by atoms with van der Waals surface area (Å²) >= 11 is 1.45. The zero-order valence-corrected chi connectivity index (χ0v) is 18.3. The number of amides is 2. The van der Waals surface area contributed by atoms with E-state index in [1.54, 1.807) is 41.3 Å². The molecule has 1 aliphatic heterocycles. The minimum atomic E-state index is -0.606. The molecule has 1 heterocycles. The third kappa shape index (κ3) is 5.95. The number of Topliss-reactive ketones (excluding diaryl/α,β-unsaturated/α-hetero) is 1. The summed E-state index contributed by atoms with van der Waals surface area (Å²) in [5.41, 5.74) is 2.05. The van der Waals surface area contributed by atoms with Crippen LogP contribution < -0.4 is 5.32 Å². The van der Waals surface area contributed by atoms with Crippen LogP contribution in [0.15, 0.2) is 47.4 Å². The maximum Gasteiger partial charge on any atom is 0.338 e. The molecule has 0 unspecified atom stereocenters. The van der Waals surface area contributed by atoms with Crippen LogP contribution in [0.3, 0.4) is 0 Å². The molecule has 2 aromatic rings. The second-order valence-electron chi connectivity index (χ2n) is 7.21. The van der Waals surface area contributed by atoms with Crippen LogP contribution in [0.2, 0.25) is 0 Å². The fourth-order valence-corrected chi connectivity index (χ4v) is 3.89. The van der Waals surface area contributed by atoms with Gasteiger partial charge in [-0.3, -0.25) is 14.4 Å². The Kier molecular flexibility index (Phi) is 7.46. The zero-order valence-electron chi connectivity index (χ0n) is 17.5. The van der Waals surface area contributed by atoms with E-state index in [1.807, 2.05) is 12.3 Å². The summed E-state index contributed by atoms with van der Waals surface area (Å²) in [7, 11) is 0. The summed E-state index contributed by atoms with van der Waals surface area (Å²) in [6.07, 6.45) is 3.29. The molecule has 8 heteroatoms. The van der Waals surface area contributed by atoms with Crippen molar-refractivity contribution >= 4 is 41.0 Å². The van der Waals surface area contributed by atoms with Gasteiger partial charge < -0.3 is 15.0 Å². The van der Waals surface area contributed by atoms with Crippen molar-refractivity contribution in [3.05, 3.63) is 59.2 Å². The van der Waals surface area contributed by atoms with Crippen molar-refractivity contribution in [2.75, 3.05) is 24.7 Å². The van der Waals surface area contributed by atoms with Crippen LogP contribution in [-0.2, 0) is 20.9 Å². The van der Waals surface area contributed by atoms with Gasteiger partial charge in [0.2, 0.25) is 11.8 Å². The van der Waals surface area contributed by atoms with E-state index in [0.29, 0.717) is 29.8 Å². The number of ketones is 1. The van der Waals surface area contributed by atoms with Crippen molar-refractivity contribution < 1.29 is 23.9 Å². The molecule has 0 saturated carbocycles. The van der Waals surface area contributed by atoms with Crippen molar-refractivity contribution in [1.29, 1.82) is 0 Å². The lowest BCUT2D eigenvalue weighted by molar-refractivity contribution is -0.128. The lowest BCUT2D eigenvalue weighted by atomic mass is 10.1. The topological polar surface area (TPSA) is 92.8 Å². The van der Waals surface area contributed by atoms with Gasteiger partial charge in [0.05, 0.1) is 11.3 Å². The minimum absolute atomic E-state index is 0.115. The van der Waals surface area contributed by atoms with Gasteiger partial charge in [0, 0.05) is 36.9 Å². The van der Waals surface area contributed by atoms with Gasteiger partial charge >= 0.3 is 5.97 Å². The molecule has 3 rings (SSSR count). The van der Waals surface area contributed by atoms with E-state index in [4.69, 9.17) is 4.74 Å². The lowest BCUT2D eigenvalue weighted by Crippen LogP contribution is -2.24. The van der Waals surface area contributed by atoms with Crippen molar-refractivity contribution in [2.24, 2.45) is 0 Å². The summed E-state index contributed by atoms with van der Waals surface area (Å²) in [5, 5.41) is 2.70. The first kappa shape index (κ1) is 22.6. The fourth-order valence-electron chi connectivity index (χ4n) is 3.35. The number of hydrogen-bond donors (Lipinski definition) is 1. The summed E-state index contributed by atoms with van der Waals surface area (Å²) in [4.78, 5) is 50.7. The summed E-state index contributed by atoms with van der Waals surface area (Å²) in [6.45, 7) is 2.16. The number of likely N-dealkylation sites (tertiary alicyclic amines) is 1. The quantitative estimate of drug-likeness (QED) is 0.384. The molecule has 1 aliphatic rings. The summed E-state index contributed by atoms with van der Waals surface area (Å²) in [5.74, 6) is -1.09. The largest absolute Gasteiger partial charge is 0.454 e. The molecule has 0 radical (unpaired) electrons. The average Bonchev–Trinajstić information content (AvgIpc) is 3.15. The first-order chi connectivity index (χ1) is 14.9. The molecule has 0 aliphatic carbocycles. The van der Waals surface area contributed by atoms with E-state index in [2.05, 4.69) is 5.32 Å². The molecule has 2 amide bonds. The second kappa shape index (κ2) is 10.3. The molecule has 1 fully saturated rings. The molecule has 0 spiro atoms. The number of carbonyl (C=O) groups excluding carboxylic acids is 4. The van der Waals surface area contributed by atoms with Crippen molar-refractivity contribution in [3.63, 3.8) is 0 Å². The number of carbonyl (C=O) groups is 4. The maximum absolute atomic E-state index is 12.5. The van der Waals surface area contributed by atoms with Crippen molar-refractivity contribution in [2.45, 2.75) is 31.2 Å². The third-order valence-electron chi connectivity index (χ3n) is 4.87. The first-order valence-corrected chi connectivity index (χ1v) is 11.1. The maximum atomic E-state index is 12.5. The number of thioether (sulfide) groups is 1. The zero-order chi connectivity index (χ0) is 22.4. The SMILES string of the molecule is CSc1ccc(C(=O)COC(=O)c2cccc(CN3CCCC3=O)c2)cc1NC(C)=O. The highest BCUT2D eigenvalue weighted by atomic mass is 32.2. The van der Waals surface area contributed by atoms with Crippen LogP contribution in [0.25, 0.3) is 0 Å². The predicted molar refractivity (Wildman–Crippen MR) is 118 cm³/mol. The fraction of sp³-hybridized carbons (Fsp3) is 0.304. The highest BCUT2D eigenvalue weighted by Gasteiger charge is 2.20.